The highest BCUT2D eigenvalue weighted by atomic mass is 32.1. The molecule has 0 spiro atoms. The number of hydrogen-bond acceptors (Lipinski definition) is 3. The van der Waals surface area contributed by atoms with E-state index in [1.165, 1.54) is 6.07 Å². The largest absolute Gasteiger partial charge is 0.392 e. The lowest BCUT2D eigenvalue weighted by molar-refractivity contribution is 0.117. The first kappa shape index (κ1) is 14.4. The van der Waals surface area contributed by atoms with Crippen LogP contribution in [0.1, 0.15) is 12.5 Å². The van der Waals surface area contributed by atoms with Crippen molar-refractivity contribution in [3.05, 3.63) is 35.6 Å². The maximum atomic E-state index is 13.6. The molecule has 2 rings (SSSR count). The first-order valence-corrected chi connectivity index (χ1v) is 6.98. The van der Waals surface area contributed by atoms with Crippen LogP contribution < -0.4 is 5.73 Å². The molecular weight excluding hydrogens is 261 g/mol. The van der Waals surface area contributed by atoms with Crippen LogP contribution in [0.25, 0.3) is 0 Å². The fraction of sp³-hybridized carbons (Fsp3) is 0.500. The molecule has 5 heteroatoms. The van der Waals surface area contributed by atoms with Crippen LogP contribution in [-0.4, -0.2) is 47.0 Å². The quantitative estimate of drug-likeness (QED) is 0.850. The minimum Gasteiger partial charge on any atom is -0.392 e. The van der Waals surface area contributed by atoms with Gasteiger partial charge in [0.2, 0.25) is 0 Å². The van der Waals surface area contributed by atoms with E-state index in [9.17, 15) is 4.39 Å². The Bertz CT molecular complexity index is 444. The van der Waals surface area contributed by atoms with Crippen molar-refractivity contribution in [2.75, 3.05) is 26.2 Å². The van der Waals surface area contributed by atoms with Crippen LogP contribution in [0.3, 0.4) is 0 Å². The number of piperazine rings is 1. The van der Waals surface area contributed by atoms with Gasteiger partial charge in [-0.15, -0.1) is 0 Å². The summed E-state index contributed by atoms with van der Waals surface area (Å²) in [5.41, 5.74) is 6.43. The van der Waals surface area contributed by atoms with Crippen molar-refractivity contribution >= 4 is 17.2 Å². The molecular formula is C14H20FN3S. The molecule has 2 N–H and O–H groups in total. The summed E-state index contributed by atoms with van der Waals surface area (Å²) in [4.78, 5) is 5.09. The van der Waals surface area contributed by atoms with Crippen LogP contribution in [-0.2, 0) is 6.54 Å². The molecule has 1 aliphatic rings. The van der Waals surface area contributed by atoms with E-state index in [2.05, 4.69) is 9.80 Å². The van der Waals surface area contributed by atoms with Crippen molar-refractivity contribution in [3.63, 3.8) is 0 Å². The number of hydrogen-bond donors (Lipinski definition) is 1. The number of nitrogens with two attached hydrogens (primary N) is 1. The van der Waals surface area contributed by atoms with Gasteiger partial charge < -0.3 is 5.73 Å². The van der Waals surface area contributed by atoms with E-state index in [4.69, 9.17) is 18.0 Å². The first-order chi connectivity index (χ1) is 9.08. The average Bonchev–Trinajstić information content (AvgIpc) is 2.41. The Morgan fingerprint density at radius 1 is 1.32 bits per heavy atom. The van der Waals surface area contributed by atoms with Crippen LogP contribution in [0.4, 0.5) is 4.39 Å². The van der Waals surface area contributed by atoms with E-state index in [1.54, 1.807) is 6.07 Å². The molecule has 1 unspecified atom stereocenters. The van der Waals surface area contributed by atoms with Crippen molar-refractivity contribution in [1.82, 2.24) is 9.80 Å². The molecule has 0 aliphatic carbocycles. The van der Waals surface area contributed by atoms with Crippen molar-refractivity contribution < 1.29 is 4.39 Å². The summed E-state index contributed by atoms with van der Waals surface area (Å²) in [6, 6.07) is 7.11. The normalized spacial score (nSPS) is 19.3. The van der Waals surface area contributed by atoms with Gasteiger partial charge in [0.15, 0.2) is 0 Å². The third-order valence-corrected chi connectivity index (χ3v) is 4.06. The second-order valence-electron chi connectivity index (χ2n) is 4.98. The molecule has 1 fully saturated rings. The molecule has 104 valence electrons. The van der Waals surface area contributed by atoms with Crippen LogP contribution in [0, 0.1) is 5.82 Å². The van der Waals surface area contributed by atoms with Gasteiger partial charge in [0.05, 0.1) is 11.0 Å². The van der Waals surface area contributed by atoms with E-state index in [0.717, 1.165) is 31.7 Å². The second kappa shape index (κ2) is 6.41. The topological polar surface area (TPSA) is 32.5 Å². The van der Waals surface area contributed by atoms with E-state index in [1.807, 2.05) is 19.1 Å². The van der Waals surface area contributed by atoms with E-state index in [0.29, 0.717) is 11.5 Å². The zero-order chi connectivity index (χ0) is 13.8. The number of benzene rings is 1. The predicted molar refractivity (Wildman–Crippen MR) is 79.5 cm³/mol. The van der Waals surface area contributed by atoms with Gasteiger partial charge >= 0.3 is 0 Å². The fourth-order valence-corrected chi connectivity index (χ4v) is 2.51. The van der Waals surface area contributed by atoms with Gasteiger partial charge in [-0.25, -0.2) is 4.39 Å². The molecule has 1 saturated heterocycles. The Morgan fingerprint density at radius 2 is 1.95 bits per heavy atom. The minimum absolute atomic E-state index is 0.124. The van der Waals surface area contributed by atoms with E-state index < -0.39 is 0 Å². The molecule has 0 amide bonds. The van der Waals surface area contributed by atoms with Gasteiger partial charge in [0, 0.05) is 38.3 Å². The maximum Gasteiger partial charge on any atom is 0.127 e. The van der Waals surface area contributed by atoms with E-state index in [-0.39, 0.29) is 11.9 Å². The number of halogens is 1. The van der Waals surface area contributed by atoms with Crippen molar-refractivity contribution in [2.45, 2.75) is 19.5 Å². The van der Waals surface area contributed by atoms with Gasteiger partial charge in [-0.2, -0.15) is 0 Å². The highest BCUT2D eigenvalue weighted by Gasteiger charge is 2.22. The van der Waals surface area contributed by atoms with Crippen LogP contribution >= 0.6 is 12.2 Å². The highest BCUT2D eigenvalue weighted by Crippen LogP contribution is 2.13. The monoisotopic (exact) mass is 281 g/mol. The number of rotatable bonds is 4. The van der Waals surface area contributed by atoms with Gasteiger partial charge in [-0.1, -0.05) is 30.4 Å². The molecule has 0 bridgehead atoms. The molecule has 1 atom stereocenters. The summed E-state index contributed by atoms with van der Waals surface area (Å²) < 4.78 is 13.6. The highest BCUT2D eigenvalue weighted by molar-refractivity contribution is 7.80. The van der Waals surface area contributed by atoms with Crippen molar-refractivity contribution in [1.29, 1.82) is 0 Å². The van der Waals surface area contributed by atoms with Crippen LogP contribution in [0.5, 0.6) is 0 Å². The number of nitrogens with zero attached hydrogens (tertiary/aromatic N) is 2. The zero-order valence-electron chi connectivity index (χ0n) is 11.2. The van der Waals surface area contributed by atoms with Crippen LogP contribution in [0.2, 0.25) is 0 Å². The molecule has 0 radical (unpaired) electrons. The molecule has 1 aromatic carbocycles. The molecule has 1 aromatic rings. The van der Waals surface area contributed by atoms with Crippen LogP contribution in [0.15, 0.2) is 24.3 Å². The fourth-order valence-electron chi connectivity index (χ4n) is 2.36. The van der Waals surface area contributed by atoms with Gasteiger partial charge in [0.1, 0.15) is 5.82 Å². The molecule has 0 aromatic heterocycles. The Balaban J connectivity index is 1.87. The van der Waals surface area contributed by atoms with E-state index >= 15 is 0 Å². The zero-order valence-corrected chi connectivity index (χ0v) is 12.0. The molecule has 1 aliphatic heterocycles. The third-order valence-electron chi connectivity index (χ3n) is 3.72. The lowest BCUT2D eigenvalue weighted by Crippen LogP contribution is -2.52. The van der Waals surface area contributed by atoms with Crippen molar-refractivity contribution in [3.8, 4) is 0 Å². The molecule has 0 saturated carbocycles. The Hall–Kier alpha value is -1.04. The predicted octanol–water partition coefficient (Wildman–Crippen LogP) is 1.62. The van der Waals surface area contributed by atoms with Gasteiger partial charge in [-0.3, -0.25) is 9.80 Å². The smallest absolute Gasteiger partial charge is 0.127 e. The number of thiocarbonyl (C=S) groups is 1. The molecule has 3 nitrogen and oxygen atoms in total. The second-order valence-corrected chi connectivity index (χ2v) is 5.45. The Morgan fingerprint density at radius 3 is 2.53 bits per heavy atom. The summed E-state index contributed by atoms with van der Waals surface area (Å²) in [5.74, 6) is -0.124. The average molecular weight is 281 g/mol. The third kappa shape index (κ3) is 3.72. The molecule has 1 heterocycles. The van der Waals surface area contributed by atoms with Gasteiger partial charge in [0.25, 0.3) is 0 Å². The summed E-state index contributed by atoms with van der Waals surface area (Å²) in [6.45, 7) is 6.39. The standard InChI is InChI=1S/C14H20FN3S/c1-11(14(16)19)18-8-6-17(7-9-18)10-12-4-2-3-5-13(12)15/h2-5,11H,6-10H2,1H3,(H2,16,19). The van der Waals surface area contributed by atoms with Crippen molar-refractivity contribution in [2.24, 2.45) is 5.73 Å². The SMILES string of the molecule is CC(C(N)=S)N1CCN(Cc2ccccc2F)CC1. The Labute approximate surface area is 119 Å². The van der Waals surface area contributed by atoms with Gasteiger partial charge in [-0.05, 0) is 13.0 Å². The summed E-state index contributed by atoms with van der Waals surface area (Å²) in [6.07, 6.45) is 0. The molecule has 19 heavy (non-hydrogen) atoms. The summed E-state index contributed by atoms with van der Waals surface area (Å²) >= 11 is 5.02. The lowest BCUT2D eigenvalue weighted by Gasteiger charge is -2.37. The summed E-state index contributed by atoms with van der Waals surface area (Å²) in [7, 11) is 0. The summed E-state index contributed by atoms with van der Waals surface area (Å²) in [5, 5.41) is 0. The minimum atomic E-state index is -0.124. The maximum absolute atomic E-state index is 13.6. The Kier molecular flexibility index (Phi) is 4.85. The lowest BCUT2D eigenvalue weighted by atomic mass is 10.1. The first-order valence-electron chi connectivity index (χ1n) is 6.57.